The molecule has 0 aromatic heterocycles. The lowest BCUT2D eigenvalue weighted by atomic mass is 10.1. The van der Waals surface area contributed by atoms with Gasteiger partial charge in [0.2, 0.25) is 5.91 Å². The summed E-state index contributed by atoms with van der Waals surface area (Å²) in [5, 5.41) is 3.38. The summed E-state index contributed by atoms with van der Waals surface area (Å²) in [5.41, 5.74) is 2.44. The van der Waals surface area contributed by atoms with Gasteiger partial charge in [-0.15, -0.1) is 24.8 Å². The SMILES string of the molecule is COc1cc(C)c(CN2CCN(C(=O)CN3CCNC[C@H]3C)CC2)cc1OC.Cl.Cl. The number of piperazine rings is 2. The molecule has 3 rings (SSSR count). The van der Waals surface area contributed by atoms with Crippen molar-refractivity contribution in [2.45, 2.75) is 26.4 Å². The summed E-state index contributed by atoms with van der Waals surface area (Å²) in [5.74, 6) is 1.79. The van der Waals surface area contributed by atoms with Gasteiger partial charge in [0.1, 0.15) is 0 Å². The molecule has 0 spiro atoms. The molecule has 1 aromatic carbocycles. The first-order chi connectivity index (χ1) is 13.5. The Balaban J connectivity index is 0.00000225. The number of aryl methyl sites for hydroxylation is 1. The molecule has 30 heavy (non-hydrogen) atoms. The van der Waals surface area contributed by atoms with Gasteiger partial charge in [-0.25, -0.2) is 0 Å². The molecule has 1 atom stereocenters. The molecule has 0 radical (unpaired) electrons. The van der Waals surface area contributed by atoms with Gasteiger partial charge in [-0.05, 0) is 37.1 Å². The van der Waals surface area contributed by atoms with E-state index in [1.54, 1.807) is 14.2 Å². The Labute approximate surface area is 192 Å². The Bertz CT molecular complexity index is 684. The van der Waals surface area contributed by atoms with Crippen LogP contribution in [0, 0.1) is 6.92 Å². The molecule has 2 aliphatic heterocycles. The average molecular weight is 463 g/mol. The van der Waals surface area contributed by atoms with Crippen LogP contribution in [0.15, 0.2) is 12.1 Å². The predicted octanol–water partition coefficient (Wildman–Crippen LogP) is 1.79. The van der Waals surface area contributed by atoms with Crippen LogP contribution >= 0.6 is 24.8 Å². The van der Waals surface area contributed by atoms with Gasteiger partial charge >= 0.3 is 0 Å². The van der Waals surface area contributed by atoms with Gasteiger partial charge in [0.25, 0.3) is 0 Å². The van der Waals surface area contributed by atoms with E-state index in [1.165, 1.54) is 11.1 Å². The lowest BCUT2D eigenvalue weighted by Crippen LogP contribution is -2.55. The summed E-state index contributed by atoms with van der Waals surface area (Å²) < 4.78 is 10.8. The van der Waals surface area contributed by atoms with E-state index < -0.39 is 0 Å². The lowest BCUT2D eigenvalue weighted by Gasteiger charge is -2.38. The number of benzene rings is 1. The van der Waals surface area contributed by atoms with Crippen LogP contribution in [-0.4, -0.2) is 93.2 Å². The van der Waals surface area contributed by atoms with Crippen molar-refractivity contribution in [2.75, 3.05) is 66.6 Å². The Kier molecular flexibility index (Phi) is 11.2. The maximum absolute atomic E-state index is 12.7. The van der Waals surface area contributed by atoms with Crippen molar-refractivity contribution in [3.05, 3.63) is 23.3 Å². The van der Waals surface area contributed by atoms with Crippen LogP contribution in [-0.2, 0) is 11.3 Å². The van der Waals surface area contributed by atoms with E-state index in [9.17, 15) is 4.79 Å². The number of nitrogens with one attached hydrogen (secondary N) is 1. The maximum atomic E-state index is 12.7. The van der Waals surface area contributed by atoms with E-state index >= 15 is 0 Å². The minimum absolute atomic E-state index is 0. The molecule has 2 heterocycles. The van der Waals surface area contributed by atoms with Crippen molar-refractivity contribution in [3.63, 3.8) is 0 Å². The lowest BCUT2D eigenvalue weighted by molar-refractivity contribution is -0.135. The van der Waals surface area contributed by atoms with E-state index in [4.69, 9.17) is 9.47 Å². The molecular weight excluding hydrogens is 427 g/mol. The smallest absolute Gasteiger partial charge is 0.236 e. The highest BCUT2D eigenvalue weighted by atomic mass is 35.5. The fourth-order valence-electron chi connectivity index (χ4n) is 3.98. The Morgan fingerprint density at radius 1 is 1.07 bits per heavy atom. The van der Waals surface area contributed by atoms with E-state index in [0.29, 0.717) is 12.6 Å². The molecule has 0 unspecified atom stereocenters. The zero-order valence-corrected chi connectivity index (χ0v) is 20.1. The molecule has 2 fully saturated rings. The van der Waals surface area contributed by atoms with Gasteiger partial charge < -0.3 is 19.7 Å². The molecule has 172 valence electrons. The molecule has 9 heteroatoms. The first kappa shape index (κ1) is 26.8. The first-order valence-corrected chi connectivity index (χ1v) is 10.2. The quantitative estimate of drug-likeness (QED) is 0.695. The topological polar surface area (TPSA) is 57.3 Å². The van der Waals surface area contributed by atoms with Crippen LogP contribution in [0.4, 0.5) is 0 Å². The third kappa shape index (κ3) is 6.62. The molecule has 0 aliphatic carbocycles. The van der Waals surface area contributed by atoms with Gasteiger partial charge in [-0.2, -0.15) is 0 Å². The van der Waals surface area contributed by atoms with Gasteiger partial charge in [0.15, 0.2) is 11.5 Å². The first-order valence-electron chi connectivity index (χ1n) is 10.2. The Morgan fingerprint density at radius 2 is 1.70 bits per heavy atom. The van der Waals surface area contributed by atoms with Crippen LogP contribution in [0.1, 0.15) is 18.1 Å². The van der Waals surface area contributed by atoms with Crippen molar-refractivity contribution in [2.24, 2.45) is 0 Å². The number of nitrogens with zero attached hydrogens (tertiary/aromatic N) is 3. The molecular formula is C21H36Cl2N4O3. The van der Waals surface area contributed by atoms with Crippen LogP contribution in [0.3, 0.4) is 0 Å². The van der Waals surface area contributed by atoms with Crippen molar-refractivity contribution >= 4 is 30.7 Å². The average Bonchev–Trinajstić information content (AvgIpc) is 2.71. The van der Waals surface area contributed by atoms with E-state index in [1.807, 2.05) is 11.0 Å². The molecule has 1 N–H and O–H groups in total. The third-order valence-electron chi connectivity index (χ3n) is 5.94. The fourth-order valence-corrected chi connectivity index (χ4v) is 3.98. The summed E-state index contributed by atoms with van der Waals surface area (Å²) in [6, 6.07) is 4.52. The van der Waals surface area contributed by atoms with E-state index in [-0.39, 0.29) is 30.7 Å². The normalized spacial score (nSPS) is 20.1. The standard InChI is InChI=1S/C21H34N4O3.2ClH/c1-16-11-19(27-3)20(28-4)12-18(16)14-23-7-9-24(10-8-23)21(26)15-25-6-5-22-13-17(25)2;;/h11-12,17,22H,5-10,13-15H2,1-4H3;2*1H/t17-;;/m1../s1. The molecule has 2 saturated heterocycles. The second kappa shape index (κ2) is 12.6. The summed E-state index contributed by atoms with van der Waals surface area (Å²) in [7, 11) is 3.33. The van der Waals surface area contributed by atoms with Crippen LogP contribution < -0.4 is 14.8 Å². The van der Waals surface area contributed by atoms with Crippen LogP contribution in [0.25, 0.3) is 0 Å². The molecule has 0 bridgehead atoms. The monoisotopic (exact) mass is 462 g/mol. The molecule has 1 amide bonds. The summed E-state index contributed by atoms with van der Waals surface area (Å²) in [6.07, 6.45) is 0. The summed E-state index contributed by atoms with van der Waals surface area (Å²) in [4.78, 5) is 19.4. The summed E-state index contributed by atoms with van der Waals surface area (Å²) >= 11 is 0. The molecule has 7 nitrogen and oxygen atoms in total. The zero-order valence-electron chi connectivity index (χ0n) is 18.5. The predicted molar refractivity (Wildman–Crippen MR) is 125 cm³/mol. The number of rotatable bonds is 6. The molecule has 1 aromatic rings. The highest BCUT2D eigenvalue weighted by Gasteiger charge is 2.26. The second-order valence-corrected chi connectivity index (χ2v) is 7.81. The number of ether oxygens (including phenoxy) is 2. The third-order valence-corrected chi connectivity index (χ3v) is 5.94. The number of hydrogen-bond donors (Lipinski definition) is 1. The molecule has 2 aliphatic rings. The number of methoxy groups -OCH3 is 2. The van der Waals surface area contributed by atoms with Crippen LogP contribution in [0.2, 0.25) is 0 Å². The number of carbonyl (C=O) groups is 1. The highest BCUT2D eigenvalue weighted by molar-refractivity contribution is 5.85. The van der Waals surface area contributed by atoms with Gasteiger partial charge in [0.05, 0.1) is 20.8 Å². The van der Waals surface area contributed by atoms with Crippen molar-refractivity contribution < 1.29 is 14.3 Å². The number of carbonyl (C=O) groups excluding carboxylic acids is 1. The number of hydrogen-bond acceptors (Lipinski definition) is 6. The fraction of sp³-hybridized carbons (Fsp3) is 0.667. The van der Waals surface area contributed by atoms with Gasteiger partial charge in [-0.3, -0.25) is 14.6 Å². The summed E-state index contributed by atoms with van der Waals surface area (Å²) in [6.45, 7) is 12.0. The maximum Gasteiger partial charge on any atom is 0.236 e. The Morgan fingerprint density at radius 3 is 2.30 bits per heavy atom. The van der Waals surface area contributed by atoms with Gasteiger partial charge in [0, 0.05) is 58.4 Å². The van der Waals surface area contributed by atoms with Crippen molar-refractivity contribution in [1.82, 2.24) is 20.0 Å². The minimum atomic E-state index is 0. The number of amides is 1. The minimum Gasteiger partial charge on any atom is -0.493 e. The Hall–Kier alpha value is -1.25. The largest absolute Gasteiger partial charge is 0.493 e. The molecule has 0 saturated carbocycles. The zero-order chi connectivity index (χ0) is 20.1. The number of halogens is 2. The van der Waals surface area contributed by atoms with Crippen molar-refractivity contribution in [1.29, 1.82) is 0 Å². The van der Waals surface area contributed by atoms with Gasteiger partial charge in [-0.1, -0.05) is 0 Å². The van der Waals surface area contributed by atoms with Crippen molar-refractivity contribution in [3.8, 4) is 11.5 Å². The highest BCUT2D eigenvalue weighted by Crippen LogP contribution is 2.31. The second-order valence-electron chi connectivity index (χ2n) is 7.81. The van der Waals surface area contributed by atoms with E-state index in [2.05, 4.69) is 35.0 Å². The van der Waals surface area contributed by atoms with E-state index in [0.717, 1.165) is 63.9 Å². The van der Waals surface area contributed by atoms with Crippen LogP contribution in [0.5, 0.6) is 11.5 Å².